The molecule has 1 N–H and O–H groups in total. The van der Waals surface area contributed by atoms with E-state index in [2.05, 4.69) is 19.2 Å². The Balaban J connectivity index is 1.81. The second kappa shape index (κ2) is 14.8. The number of nitrogens with one attached hydrogen (secondary N) is 1. The van der Waals surface area contributed by atoms with Gasteiger partial charge in [-0.2, -0.15) is 0 Å². The summed E-state index contributed by atoms with van der Waals surface area (Å²) in [6, 6.07) is 31.9. The first-order valence-corrected chi connectivity index (χ1v) is 17.1. The van der Waals surface area contributed by atoms with E-state index < -0.39 is 34.1 Å². The maximum Gasteiger partial charge on any atom is 0.264 e. The van der Waals surface area contributed by atoms with Gasteiger partial charge >= 0.3 is 0 Å². The Morgan fingerprint density at radius 1 is 0.761 bits per heavy atom. The lowest BCUT2D eigenvalue weighted by molar-refractivity contribution is -0.140. The average molecular weight is 640 g/mol. The van der Waals surface area contributed by atoms with E-state index in [4.69, 9.17) is 0 Å². The predicted octanol–water partition coefficient (Wildman–Crippen LogP) is 6.87. The molecule has 4 aromatic carbocycles. The van der Waals surface area contributed by atoms with Gasteiger partial charge in [0.25, 0.3) is 10.0 Å². The average Bonchev–Trinajstić information content (AvgIpc) is 3.01. The first-order valence-electron chi connectivity index (χ1n) is 15.6. The van der Waals surface area contributed by atoms with Crippen LogP contribution in [0.2, 0.25) is 0 Å². The lowest BCUT2D eigenvalue weighted by Gasteiger charge is -2.35. The molecule has 0 unspecified atom stereocenters. The number of carbonyl (C=O) groups is 2. The van der Waals surface area contributed by atoms with Crippen molar-refractivity contribution in [2.24, 2.45) is 0 Å². The van der Waals surface area contributed by atoms with Crippen LogP contribution in [0.3, 0.4) is 0 Å². The molecular formula is C38H45N3O4S. The van der Waals surface area contributed by atoms with Gasteiger partial charge in [-0.1, -0.05) is 104 Å². The lowest BCUT2D eigenvalue weighted by Crippen LogP contribution is -2.56. The van der Waals surface area contributed by atoms with Gasteiger partial charge in [-0.3, -0.25) is 13.9 Å². The van der Waals surface area contributed by atoms with Crippen molar-refractivity contribution in [3.05, 3.63) is 131 Å². The maximum atomic E-state index is 14.6. The fraction of sp³-hybridized carbons (Fsp3) is 0.316. The molecule has 0 aliphatic rings. The molecule has 0 spiro atoms. The SMILES string of the molecule is Cc1ccc(S(=O)(=O)N(CC(=O)N(Cc2ccccc2)[C@H](Cc2ccccc2)C(=O)NC(C)(C)C)c2ccc(C(C)C)cc2)cc1. The Morgan fingerprint density at radius 3 is 1.83 bits per heavy atom. The van der Waals surface area contributed by atoms with Gasteiger partial charge in [0.1, 0.15) is 12.6 Å². The summed E-state index contributed by atoms with van der Waals surface area (Å²) in [6.45, 7) is 11.3. The van der Waals surface area contributed by atoms with Crippen LogP contribution in [0.4, 0.5) is 5.69 Å². The second-order valence-electron chi connectivity index (χ2n) is 13.0. The third kappa shape index (κ3) is 9.07. The van der Waals surface area contributed by atoms with Crippen molar-refractivity contribution in [2.45, 2.75) is 76.9 Å². The summed E-state index contributed by atoms with van der Waals surface area (Å²) >= 11 is 0. The Morgan fingerprint density at radius 2 is 1.30 bits per heavy atom. The molecular weight excluding hydrogens is 595 g/mol. The number of aryl methyl sites for hydroxylation is 1. The highest BCUT2D eigenvalue weighted by atomic mass is 32.2. The van der Waals surface area contributed by atoms with Gasteiger partial charge in [0.15, 0.2) is 0 Å². The highest BCUT2D eigenvalue weighted by Crippen LogP contribution is 2.27. The second-order valence-corrected chi connectivity index (χ2v) is 14.9. The number of hydrogen-bond donors (Lipinski definition) is 1. The van der Waals surface area contributed by atoms with Gasteiger partial charge in [0, 0.05) is 18.5 Å². The Kier molecular flexibility index (Phi) is 11.1. The number of rotatable bonds is 12. The van der Waals surface area contributed by atoms with Gasteiger partial charge < -0.3 is 10.2 Å². The number of amides is 2. The molecule has 0 aliphatic heterocycles. The minimum absolute atomic E-state index is 0.0831. The topological polar surface area (TPSA) is 86.8 Å². The lowest BCUT2D eigenvalue weighted by atomic mass is 10.0. The summed E-state index contributed by atoms with van der Waals surface area (Å²) in [5.41, 5.74) is 3.51. The van der Waals surface area contributed by atoms with Crippen LogP contribution in [-0.2, 0) is 32.6 Å². The van der Waals surface area contributed by atoms with Gasteiger partial charge in [-0.25, -0.2) is 8.42 Å². The molecule has 0 radical (unpaired) electrons. The fourth-order valence-electron chi connectivity index (χ4n) is 5.18. The van der Waals surface area contributed by atoms with Crippen LogP contribution in [-0.4, -0.2) is 43.3 Å². The maximum absolute atomic E-state index is 14.6. The summed E-state index contributed by atoms with van der Waals surface area (Å²) in [6.07, 6.45) is 0.259. The number of carbonyl (C=O) groups excluding carboxylic acids is 2. The number of nitrogens with zero attached hydrogens (tertiary/aromatic N) is 2. The first-order chi connectivity index (χ1) is 21.7. The van der Waals surface area contributed by atoms with Crippen molar-refractivity contribution < 1.29 is 18.0 Å². The van der Waals surface area contributed by atoms with Gasteiger partial charge in [-0.05, 0) is 74.6 Å². The van der Waals surface area contributed by atoms with Gasteiger partial charge in [-0.15, -0.1) is 0 Å². The first kappa shape index (κ1) is 34.4. The fourth-order valence-corrected chi connectivity index (χ4v) is 6.59. The van der Waals surface area contributed by atoms with Crippen LogP contribution in [0.5, 0.6) is 0 Å². The van der Waals surface area contributed by atoms with Crippen molar-refractivity contribution in [1.29, 1.82) is 0 Å². The molecule has 0 aromatic heterocycles. The third-order valence-electron chi connectivity index (χ3n) is 7.70. The Bertz CT molecular complexity index is 1700. The zero-order valence-electron chi connectivity index (χ0n) is 27.6. The van der Waals surface area contributed by atoms with Crippen molar-refractivity contribution in [2.75, 3.05) is 10.8 Å². The quantitative estimate of drug-likeness (QED) is 0.183. The summed E-state index contributed by atoms with van der Waals surface area (Å²) in [5, 5.41) is 3.06. The van der Waals surface area contributed by atoms with E-state index in [1.54, 1.807) is 36.4 Å². The highest BCUT2D eigenvalue weighted by molar-refractivity contribution is 7.92. The van der Waals surface area contributed by atoms with Crippen molar-refractivity contribution in [3.8, 4) is 0 Å². The van der Waals surface area contributed by atoms with Crippen LogP contribution in [0.25, 0.3) is 0 Å². The summed E-state index contributed by atoms with van der Waals surface area (Å²) in [5.74, 6) is -0.549. The number of hydrogen-bond acceptors (Lipinski definition) is 4. The molecule has 4 rings (SSSR count). The number of sulfonamides is 1. The summed E-state index contributed by atoms with van der Waals surface area (Å²) in [7, 11) is -4.15. The van der Waals surface area contributed by atoms with E-state index in [0.717, 1.165) is 26.6 Å². The molecule has 46 heavy (non-hydrogen) atoms. The zero-order chi connectivity index (χ0) is 33.5. The van der Waals surface area contributed by atoms with Crippen molar-refractivity contribution in [1.82, 2.24) is 10.2 Å². The molecule has 0 saturated carbocycles. The smallest absolute Gasteiger partial charge is 0.264 e. The van der Waals surface area contributed by atoms with Crippen molar-refractivity contribution in [3.63, 3.8) is 0 Å². The minimum Gasteiger partial charge on any atom is -0.350 e. The Labute approximate surface area is 274 Å². The number of benzene rings is 4. The van der Waals surface area contributed by atoms with Crippen LogP contribution in [0.1, 0.15) is 62.8 Å². The normalized spacial score (nSPS) is 12.4. The van der Waals surface area contributed by atoms with E-state index >= 15 is 0 Å². The largest absolute Gasteiger partial charge is 0.350 e. The molecule has 4 aromatic rings. The van der Waals surface area contributed by atoms with E-state index in [9.17, 15) is 18.0 Å². The zero-order valence-corrected chi connectivity index (χ0v) is 28.4. The molecule has 0 bridgehead atoms. The van der Waals surface area contributed by atoms with E-state index in [1.807, 2.05) is 100 Å². The summed E-state index contributed by atoms with van der Waals surface area (Å²) in [4.78, 5) is 30.2. The Hall–Kier alpha value is -4.43. The molecule has 242 valence electrons. The number of anilines is 1. The molecule has 0 saturated heterocycles. The van der Waals surface area contributed by atoms with Crippen LogP contribution in [0, 0.1) is 6.92 Å². The monoisotopic (exact) mass is 639 g/mol. The molecule has 0 fully saturated rings. The molecule has 7 nitrogen and oxygen atoms in total. The third-order valence-corrected chi connectivity index (χ3v) is 9.49. The molecule has 0 aliphatic carbocycles. The van der Waals surface area contributed by atoms with Crippen LogP contribution < -0.4 is 9.62 Å². The van der Waals surface area contributed by atoms with E-state index in [-0.39, 0.29) is 29.7 Å². The summed E-state index contributed by atoms with van der Waals surface area (Å²) < 4.78 is 29.6. The highest BCUT2D eigenvalue weighted by Gasteiger charge is 2.35. The van der Waals surface area contributed by atoms with E-state index in [1.165, 1.54) is 4.90 Å². The van der Waals surface area contributed by atoms with Crippen LogP contribution in [0.15, 0.2) is 114 Å². The van der Waals surface area contributed by atoms with Crippen molar-refractivity contribution >= 4 is 27.5 Å². The standard InChI is InChI=1S/C38H45N3O4S/c1-28(2)32-19-21-33(22-20-32)41(46(44,45)34-23-17-29(3)18-24-34)27-36(42)40(26-31-15-11-8-12-16-31)35(37(43)39-38(4,5)6)25-30-13-9-7-10-14-30/h7-24,28,35H,25-27H2,1-6H3,(H,39,43)/t35-/m1/s1. The molecule has 8 heteroatoms. The molecule has 1 atom stereocenters. The molecule has 2 amide bonds. The molecule has 0 heterocycles. The van der Waals surface area contributed by atoms with E-state index in [0.29, 0.717) is 5.69 Å². The van der Waals surface area contributed by atoms with Gasteiger partial charge in [0.2, 0.25) is 11.8 Å². The van der Waals surface area contributed by atoms with Gasteiger partial charge in [0.05, 0.1) is 10.6 Å². The predicted molar refractivity (Wildman–Crippen MR) is 185 cm³/mol. The van der Waals surface area contributed by atoms with Crippen LogP contribution >= 0.6 is 0 Å². The minimum atomic E-state index is -4.15.